The molecule has 0 fully saturated rings. The van der Waals surface area contributed by atoms with E-state index in [2.05, 4.69) is 10.9 Å². The monoisotopic (exact) mass is 426 g/mol. The summed E-state index contributed by atoms with van der Waals surface area (Å²) in [5.74, 6) is 4.70. The molecule has 0 N–H and O–H groups in total. The molecule has 3 rings (SSSR count). The van der Waals surface area contributed by atoms with E-state index in [4.69, 9.17) is 25.4 Å². The first-order valence-corrected chi connectivity index (χ1v) is 9.83. The molecule has 0 saturated heterocycles. The second-order valence-electron chi connectivity index (χ2n) is 6.21. The lowest BCUT2D eigenvalue weighted by atomic mass is 10.1. The SMILES string of the molecule is C#CCn1c(=NC(=O)Cc2ccc(OC)cc2OC)sc2cc(OC)c(OC)cc21. The summed E-state index contributed by atoms with van der Waals surface area (Å²) in [6.45, 7) is 0.271. The summed E-state index contributed by atoms with van der Waals surface area (Å²) < 4.78 is 24.0. The Hall–Kier alpha value is -3.44. The number of hydrogen-bond acceptors (Lipinski definition) is 6. The van der Waals surface area contributed by atoms with Gasteiger partial charge < -0.3 is 23.5 Å². The minimum atomic E-state index is -0.310. The molecule has 0 aliphatic heterocycles. The number of ether oxygens (including phenoxy) is 4. The molecule has 2 aromatic carbocycles. The van der Waals surface area contributed by atoms with Crippen LogP contribution in [0.2, 0.25) is 0 Å². The van der Waals surface area contributed by atoms with Crippen LogP contribution < -0.4 is 23.7 Å². The number of carbonyl (C=O) groups excluding carboxylic acids is 1. The maximum Gasteiger partial charge on any atom is 0.252 e. The second-order valence-corrected chi connectivity index (χ2v) is 7.22. The molecule has 1 amide bonds. The highest BCUT2D eigenvalue weighted by atomic mass is 32.1. The van der Waals surface area contributed by atoms with Crippen molar-refractivity contribution in [2.75, 3.05) is 28.4 Å². The second kappa shape index (κ2) is 9.37. The number of terminal acetylenes is 1. The van der Waals surface area contributed by atoms with Crippen LogP contribution in [0.4, 0.5) is 0 Å². The summed E-state index contributed by atoms with van der Waals surface area (Å²) in [5.41, 5.74) is 1.55. The average Bonchev–Trinajstić information content (AvgIpc) is 3.08. The van der Waals surface area contributed by atoms with Crippen molar-refractivity contribution >= 4 is 27.5 Å². The van der Waals surface area contributed by atoms with Gasteiger partial charge in [0.1, 0.15) is 11.5 Å². The number of benzene rings is 2. The van der Waals surface area contributed by atoms with Gasteiger partial charge in [0.05, 0.1) is 51.6 Å². The fourth-order valence-corrected chi connectivity index (χ4v) is 4.09. The van der Waals surface area contributed by atoms with Gasteiger partial charge in [-0.1, -0.05) is 23.3 Å². The number of carbonyl (C=O) groups is 1. The Labute approximate surface area is 178 Å². The van der Waals surface area contributed by atoms with E-state index in [1.165, 1.54) is 11.3 Å². The minimum Gasteiger partial charge on any atom is -0.497 e. The van der Waals surface area contributed by atoms with Crippen LogP contribution in [0.3, 0.4) is 0 Å². The molecule has 30 heavy (non-hydrogen) atoms. The lowest BCUT2D eigenvalue weighted by molar-refractivity contribution is -0.117. The molecule has 8 heteroatoms. The van der Waals surface area contributed by atoms with Crippen LogP contribution in [0.5, 0.6) is 23.0 Å². The van der Waals surface area contributed by atoms with Crippen molar-refractivity contribution in [2.45, 2.75) is 13.0 Å². The Morgan fingerprint density at radius 2 is 1.73 bits per heavy atom. The maximum atomic E-state index is 12.7. The summed E-state index contributed by atoms with van der Waals surface area (Å²) in [6, 6.07) is 8.99. The molecule has 7 nitrogen and oxygen atoms in total. The highest BCUT2D eigenvalue weighted by molar-refractivity contribution is 7.16. The van der Waals surface area contributed by atoms with E-state index in [-0.39, 0.29) is 18.9 Å². The fraction of sp³-hybridized carbons (Fsp3) is 0.273. The number of fused-ring (bicyclic) bond motifs is 1. The predicted octanol–water partition coefficient (Wildman–Crippen LogP) is 3.04. The normalized spacial score (nSPS) is 11.2. The zero-order chi connectivity index (χ0) is 21.7. The zero-order valence-corrected chi connectivity index (χ0v) is 18.0. The molecular formula is C22H22N2O5S. The molecule has 0 aliphatic carbocycles. The van der Waals surface area contributed by atoms with Crippen LogP contribution in [0.1, 0.15) is 5.56 Å². The molecule has 0 unspecified atom stereocenters. The lowest BCUT2D eigenvalue weighted by Crippen LogP contribution is -2.17. The number of hydrogen-bond donors (Lipinski definition) is 0. The molecule has 1 aromatic heterocycles. The van der Waals surface area contributed by atoms with E-state index >= 15 is 0 Å². The molecule has 0 aliphatic rings. The molecule has 156 valence electrons. The van der Waals surface area contributed by atoms with Crippen molar-refractivity contribution in [3.05, 3.63) is 40.7 Å². The number of methoxy groups -OCH3 is 4. The van der Waals surface area contributed by atoms with Crippen LogP contribution >= 0.6 is 11.3 Å². The molecule has 3 aromatic rings. The van der Waals surface area contributed by atoms with Crippen LogP contribution in [-0.2, 0) is 17.8 Å². The highest BCUT2D eigenvalue weighted by Gasteiger charge is 2.14. The molecule has 0 bridgehead atoms. The summed E-state index contributed by atoms with van der Waals surface area (Å²) in [7, 11) is 6.26. The first-order chi connectivity index (χ1) is 14.5. The topological polar surface area (TPSA) is 71.3 Å². The first kappa shape index (κ1) is 21.3. The van der Waals surface area contributed by atoms with Gasteiger partial charge in [0.15, 0.2) is 16.3 Å². The third kappa shape index (κ3) is 4.26. The lowest BCUT2D eigenvalue weighted by Gasteiger charge is -2.09. The van der Waals surface area contributed by atoms with Crippen LogP contribution in [-0.4, -0.2) is 38.9 Å². The van der Waals surface area contributed by atoms with Crippen LogP contribution in [0.25, 0.3) is 10.2 Å². The van der Waals surface area contributed by atoms with Crippen molar-refractivity contribution in [3.63, 3.8) is 0 Å². The number of amides is 1. The number of aromatic nitrogens is 1. The molecule has 1 heterocycles. The van der Waals surface area contributed by atoms with E-state index in [0.717, 1.165) is 15.8 Å². The van der Waals surface area contributed by atoms with Gasteiger partial charge in [-0.25, -0.2) is 0 Å². The van der Waals surface area contributed by atoms with E-state index in [0.29, 0.717) is 27.8 Å². The summed E-state index contributed by atoms with van der Waals surface area (Å²) in [6.07, 6.45) is 5.64. The van der Waals surface area contributed by atoms with E-state index < -0.39 is 0 Å². The number of thiazole rings is 1. The van der Waals surface area contributed by atoms with Gasteiger partial charge in [0, 0.05) is 23.8 Å². The van der Waals surface area contributed by atoms with Gasteiger partial charge in [-0.05, 0) is 6.07 Å². The summed E-state index contributed by atoms with van der Waals surface area (Å²) in [4.78, 5) is 17.6. The predicted molar refractivity (Wildman–Crippen MR) is 116 cm³/mol. The van der Waals surface area contributed by atoms with Gasteiger partial charge in [0.25, 0.3) is 5.91 Å². The molecule has 0 radical (unpaired) electrons. The maximum absolute atomic E-state index is 12.7. The van der Waals surface area contributed by atoms with Crippen molar-refractivity contribution in [3.8, 4) is 35.3 Å². The van der Waals surface area contributed by atoms with E-state index in [1.807, 2.05) is 16.7 Å². The van der Waals surface area contributed by atoms with Crippen molar-refractivity contribution < 1.29 is 23.7 Å². The standard InChI is InChI=1S/C22H22N2O5S/c1-6-9-24-16-12-18(28-4)19(29-5)13-20(16)30-22(24)23-21(25)10-14-7-8-15(26-2)11-17(14)27-3/h1,7-8,11-13H,9-10H2,2-5H3. The van der Waals surface area contributed by atoms with Crippen LogP contribution in [0, 0.1) is 12.3 Å². The number of nitrogens with zero attached hydrogens (tertiary/aromatic N) is 2. The Kier molecular flexibility index (Phi) is 6.65. The first-order valence-electron chi connectivity index (χ1n) is 9.01. The summed E-state index contributed by atoms with van der Waals surface area (Å²) >= 11 is 1.36. The number of rotatable bonds is 7. The van der Waals surface area contributed by atoms with E-state index in [1.54, 1.807) is 46.6 Å². The third-order valence-electron chi connectivity index (χ3n) is 4.49. The largest absolute Gasteiger partial charge is 0.497 e. The molecule has 0 spiro atoms. The summed E-state index contributed by atoms with van der Waals surface area (Å²) in [5, 5.41) is 0. The Balaban J connectivity index is 2.04. The van der Waals surface area contributed by atoms with Gasteiger partial charge >= 0.3 is 0 Å². The minimum absolute atomic E-state index is 0.0874. The Morgan fingerprint density at radius 3 is 2.37 bits per heavy atom. The van der Waals surface area contributed by atoms with Gasteiger partial charge in [-0.3, -0.25) is 4.79 Å². The van der Waals surface area contributed by atoms with Crippen molar-refractivity contribution in [1.29, 1.82) is 0 Å². The average molecular weight is 426 g/mol. The van der Waals surface area contributed by atoms with Gasteiger partial charge in [0.2, 0.25) is 0 Å². The van der Waals surface area contributed by atoms with Crippen LogP contribution in [0.15, 0.2) is 35.3 Å². The fourth-order valence-electron chi connectivity index (χ4n) is 3.03. The molecule has 0 saturated carbocycles. The van der Waals surface area contributed by atoms with E-state index in [9.17, 15) is 4.79 Å². The molecular weight excluding hydrogens is 404 g/mol. The van der Waals surface area contributed by atoms with Gasteiger partial charge in [-0.15, -0.1) is 6.42 Å². The zero-order valence-electron chi connectivity index (χ0n) is 17.2. The third-order valence-corrected chi connectivity index (χ3v) is 5.53. The Bertz CT molecular complexity index is 1190. The van der Waals surface area contributed by atoms with Crippen molar-refractivity contribution in [2.24, 2.45) is 4.99 Å². The quantitative estimate of drug-likeness (QED) is 0.543. The van der Waals surface area contributed by atoms with Crippen molar-refractivity contribution in [1.82, 2.24) is 4.57 Å². The molecule has 0 atom stereocenters. The highest BCUT2D eigenvalue weighted by Crippen LogP contribution is 2.33. The smallest absolute Gasteiger partial charge is 0.252 e. The van der Waals surface area contributed by atoms with Gasteiger partial charge in [-0.2, -0.15) is 4.99 Å². The Morgan fingerprint density at radius 1 is 1.03 bits per heavy atom.